The Morgan fingerprint density at radius 2 is 1.80 bits per heavy atom. The molecule has 0 aliphatic rings. The molecule has 134 valence electrons. The molecule has 1 aromatic heterocycles. The third-order valence-electron chi connectivity index (χ3n) is 3.43. The summed E-state index contributed by atoms with van der Waals surface area (Å²) in [5.74, 6) is -1.63. The van der Waals surface area contributed by atoms with Crippen molar-refractivity contribution in [2.45, 2.75) is 32.4 Å². The molecule has 0 saturated heterocycles. The number of rotatable bonds is 2. The minimum atomic E-state index is -4.60. The maximum absolute atomic E-state index is 14.1. The lowest BCUT2D eigenvalue weighted by Crippen LogP contribution is -2.18. The van der Waals surface area contributed by atoms with Crippen LogP contribution in [-0.4, -0.2) is 10.9 Å². The van der Waals surface area contributed by atoms with Crippen molar-refractivity contribution < 1.29 is 22.4 Å². The number of nitrogens with zero attached hydrogens (tertiary/aromatic N) is 1. The predicted molar refractivity (Wildman–Crippen MR) is 90.0 cm³/mol. The van der Waals surface area contributed by atoms with Gasteiger partial charge in [-0.1, -0.05) is 36.7 Å². The van der Waals surface area contributed by atoms with E-state index in [-0.39, 0.29) is 11.1 Å². The average Bonchev–Trinajstić information content (AvgIpc) is 2.48. The standard InChI is InChI=1S/C17H15BrF4N2O/c1-16(2,3)10-7-13(12(19)8-11(10)18)24-15(25)14-6-9(4-5-23-14)17(20,21)22/h4-8H,1-3H3,(H,24,25). The Kier molecular flexibility index (Phi) is 5.22. The number of alkyl halides is 3. The van der Waals surface area contributed by atoms with E-state index < -0.39 is 29.2 Å². The minimum Gasteiger partial charge on any atom is -0.318 e. The van der Waals surface area contributed by atoms with Gasteiger partial charge in [-0.15, -0.1) is 0 Å². The highest BCUT2D eigenvalue weighted by Crippen LogP contribution is 2.34. The molecule has 1 amide bonds. The van der Waals surface area contributed by atoms with Crippen LogP contribution in [0.5, 0.6) is 0 Å². The van der Waals surface area contributed by atoms with Gasteiger partial charge in [0.15, 0.2) is 0 Å². The first kappa shape index (κ1) is 19.4. The topological polar surface area (TPSA) is 42.0 Å². The van der Waals surface area contributed by atoms with E-state index in [1.807, 2.05) is 20.8 Å². The van der Waals surface area contributed by atoms with E-state index in [0.29, 0.717) is 10.5 Å². The molecular weight excluding hydrogens is 404 g/mol. The first-order chi connectivity index (χ1) is 11.4. The van der Waals surface area contributed by atoms with E-state index in [1.165, 1.54) is 12.1 Å². The maximum Gasteiger partial charge on any atom is 0.416 e. The number of halogens is 5. The second kappa shape index (κ2) is 6.74. The molecule has 2 aromatic rings. The SMILES string of the molecule is CC(C)(C)c1cc(NC(=O)c2cc(C(F)(F)F)ccn2)c(F)cc1Br. The molecule has 0 radical (unpaired) electrons. The predicted octanol–water partition coefficient (Wildman–Crippen LogP) is 5.55. The second-order valence-electron chi connectivity index (χ2n) is 6.44. The number of carbonyl (C=O) groups excluding carboxylic acids is 1. The molecule has 3 nitrogen and oxygen atoms in total. The fourth-order valence-corrected chi connectivity index (χ4v) is 3.05. The van der Waals surface area contributed by atoms with Crippen molar-refractivity contribution in [3.05, 3.63) is 57.6 Å². The van der Waals surface area contributed by atoms with Gasteiger partial charge in [0.2, 0.25) is 0 Å². The van der Waals surface area contributed by atoms with Gasteiger partial charge >= 0.3 is 6.18 Å². The van der Waals surface area contributed by atoms with E-state index in [1.54, 1.807) is 0 Å². The molecule has 1 heterocycles. The number of benzene rings is 1. The average molecular weight is 419 g/mol. The Balaban J connectivity index is 2.36. The molecule has 0 bridgehead atoms. The van der Waals surface area contributed by atoms with Gasteiger partial charge in [0.25, 0.3) is 5.91 Å². The van der Waals surface area contributed by atoms with Gasteiger partial charge in [-0.05, 0) is 35.2 Å². The summed E-state index contributed by atoms with van der Waals surface area (Å²) in [5, 5.41) is 2.28. The summed E-state index contributed by atoms with van der Waals surface area (Å²) in [6, 6.07) is 4.03. The number of aromatic nitrogens is 1. The molecule has 8 heteroatoms. The van der Waals surface area contributed by atoms with Gasteiger partial charge in [0.1, 0.15) is 11.5 Å². The largest absolute Gasteiger partial charge is 0.416 e. The Hall–Kier alpha value is -1.96. The van der Waals surface area contributed by atoms with E-state index in [2.05, 4.69) is 26.2 Å². The molecule has 2 rings (SSSR count). The summed E-state index contributed by atoms with van der Waals surface area (Å²) in [6.07, 6.45) is -3.71. The molecule has 25 heavy (non-hydrogen) atoms. The lowest BCUT2D eigenvalue weighted by molar-refractivity contribution is -0.137. The summed E-state index contributed by atoms with van der Waals surface area (Å²) in [4.78, 5) is 15.8. The third kappa shape index (κ3) is 4.56. The van der Waals surface area contributed by atoms with Crippen LogP contribution in [-0.2, 0) is 11.6 Å². The van der Waals surface area contributed by atoms with Crippen LogP contribution in [0.25, 0.3) is 0 Å². The molecule has 1 aromatic carbocycles. The molecule has 1 N–H and O–H groups in total. The third-order valence-corrected chi connectivity index (χ3v) is 4.09. The zero-order chi connectivity index (χ0) is 19.0. The maximum atomic E-state index is 14.1. The van der Waals surface area contributed by atoms with Crippen molar-refractivity contribution in [1.82, 2.24) is 4.98 Å². The lowest BCUT2D eigenvalue weighted by atomic mass is 9.87. The van der Waals surface area contributed by atoms with Crippen molar-refractivity contribution in [1.29, 1.82) is 0 Å². The van der Waals surface area contributed by atoms with Crippen LogP contribution in [0, 0.1) is 5.82 Å². The van der Waals surface area contributed by atoms with E-state index in [4.69, 9.17) is 0 Å². The quantitative estimate of drug-likeness (QED) is 0.649. The number of pyridine rings is 1. The minimum absolute atomic E-state index is 0.127. The monoisotopic (exact) mass is 418 g/mol. The zero-order valence-electron chi connectivity index (χ0n) is 13.6. The summed E-state index contributed by atoms with van der Waals surface area (Å²) in [5.41, 5.74) is -1.17. The molecular formula is C17H15BrF4N2O. The number of hydrogen-bond donors (Lipinski definition) is 1. The van der Waals surface area contributed by atoms with E-state index in [0.717, 1.165) is 17.8 Å². The van der Waals surface area contributed by atoms with Crippen molar-refractivity contribution in [3.8, 4) is 0 Å². The molecule has 0 fully saturated rings. The van der Waals surface area contributed by atoms with Crippen LogP contribution in [0.15, 0.2) is 34.9 Å². The highest BCUT2D eigenvalue weighted by molar-refractivity contribution is 9.10. The summed E-state index contributed by atoms with van der Waals surface area (Å²) < 4.78 is 52.8. The van der Waals surface area contributed by atoms with Crippen molar-refractivity contribution >= 4 is 27.5 Å². The number of hydrogen-bond acceptors (Lipinski definition) is 2. The van der Waals surface area contributed by atoms with Crippen LogP contribution < -0.4 is 5.32 Å². The Morgan fingerprint density at radius 1 is 1.16 bits per heavy atom. The molecule has 0 aliphatic heterocycles. The van der Waals surface area contributed by atoms with Crippen LogP contribution in [0.1, 0.15) is 42.4 Å². The molecule has 0 atom stereocenters. The number of carbonyl (C=O) groups is 1. The number of nitrogens with one attached hydrogen (secondary N) is 1. The van der Waals surface area contributed by atoms with Crippen LogP contribution in [0.4, 0.5) is 23.2 Å². The molecule has 0 spiro atoms. The van der Waals surface area contributed by atoms with E-state index >= 15 is 0 Å². The van der Waals surface area contributed by atoms with Crippen LogP contribution >= 0.6 is 15.9 Å². The first-order valence-electron chi connectivity index (χ1n) is 7.23. The van der Waals surface area contributed by atoms with Gasteiger partial charge in [-0.3, -0.25) is 9.78 Å². The number of amides is 1. The molecule has 0 unspecified atom stereocenters. The van der Waals surface area contributed by atoms with E-state index in [9.17, 15) is 22.4 Å². The van der Waals surface area contributed by atoms with Gasteiger partial charge in [0, 0.05) is 10.7 Å². The fourth-order valence-electron chi connectivity index (χ4n) is 2.14. The van der Waals surface area contributed by atoms with Gasteiger partial charge in [0.05, 0.1) is 11.3 Å². The van der Waals surface area contributed by atoms with Crippen molar-refractivity contribution in [2.75, 3.05) is 5.32 Å². The van der Waals surface area contributed by atoms with Gasteiger partial charge in [-0.25, -0.2) is 4.39 Å². The molecule has 0 saturated carbocycles. The van der Waals surface area contributed by atoms with Crippen LogP contribution in [0.3, 0.4) is 0 Å². The fraction of sp³-hybridized carbons (Fsp3) is 0.294. The second-order valence-corrected chi connectivity index (χ2v) is 7.30. The smallest absolute Gasteiger partial charge is 0.318 e. The van der Waals surface area contributed by atoms with Gasteiger partial charge < -0.3 is 5.32 Å². The first-order valence-corrected chi connectivity index (χ1v) is 8.03. The summed E-state index contributed by atoms with van der Waals surface area (Å²) in [6.45, 7) is 5.72. The molecule has 0 aliphatic carbocycles. The highest BCUT2D eigenvalue weighted by Gasteiger charge is 2.31. The van der Waals surface area contributed by atoms with Gasteiger partial charge in [-0.2, -0.15) is 13.2 Å². The Morgan fingerprint density at radius 3 is 2.36 bits per heavy atom. The summed E-state index contributed by atoms with van der Waals surface area (Å²) >= 11 is 3.27. The zero-order valence-corrected chi connectivity index (χ0v) is 15.2. The lowest BCUT2D eigenvalue weighted by Gasteiger charge is -2.22. The number of anilines is 1. The Labute approximate surface area is 150 Å². The highest BCUT2D eigenvalue weighted by atomic mass is 79.9. The summed E-state index contributed by atoms with van der Waals surface area (Å²) in [7, 11) is 0. The van der Waals surface area contributed by atoms with Crippen molar-refractivity contribution in [3.63, 3.8) is 0 Å². The normalized spacial score (nSPS) is 12.2. The van der Waals surface area contributed by atoms with Crippen LogP contribution in [0.2, 0.25) is 0 Å². The van der Waals surface area contributed by atoms with Crippen molar-refractivity contribution in [2.24, 2.45) is 0 Å². The Bertz CT molecular complexity index is 813.